The number of aryl methyl sites for hydroxylation is 2. The molecular formula is C18H19N3O3. The molecule has 2 aromatic heterocycles. The van der Waals surface area contributed by atoms with Crippen molar-refractivity contribution >= 4 is 16.7 Å². The van der Waals surface area contributed by atoms with E-state index in [-0.39, 0.29) is 5.56 Å². The Hall–Kier alpha value is -2.89. The van der Waals surface area contributed by atoms with Crippen LogP contribution in [0.5, 0.6) is 0 Å². The normalized spacial score (nSPS) is 12.5. The van der Waals surface area contributed by atoms with Gasteiger partial charge in [0.15, 0.2) is 0 Å². The van der Waals surface area contributed by atoms with Crippen LogP contribution in [0.15, 0.2) is 41.3 Å². The lowest BCUT2D eigenvalue weighted by molar-refractivity contribution is -0.141. The third-order valence-electron chi connectivity index (χ3n) is 4.44. The summed E-state index contributed by atoms with van der Waals surface area (Å²) in [6.45, 7) is 5.44. The molecule has 0 spiro atoms. The Balaban J connectivity index is 2.33. The molecule has 1 aromatic carbocycles. The molecule has 3 rings (SSSR count). The summed E-state index contributed by atoms with van der Waals surface area (Å²) in [5.74, 6) is -0.902. The number of carbonyl (C=O) groups is 1. The number of rotatable bonds is 4. The van der Waals surface area contributed by atoms with Crippen molar-refractivity contribution in [3.63, 3.8) is 0 Å². The van der Waals surface area contributed by atoms with Gasteiger partial charge in [-0.1, -0.05) is 25.1 Å². The molecule has 2 heterocycles. The van der Waals surface area contributed by atoms with Gasteiger partial charge in [0.2, 0.25) is 0 Å². The molecule has 1 atom stereocenters. The molecule has 0 radical (unpaired) electrons. The Morgan fingerprint density at radius 3 is 2.46 bits per heavy atom. The monoisotopic (exact) mass is 325 g/mol. The molecule has 6 nitrogen and oxygen atoms in total. The fourth-order valence-corrected chi connectivity index (χ4v) is 3.27. The van der Waals surface area contributed by atoms with E-state index in [1.54, 1.807) is 17.7 Å². The van der Waals surface area contributed by atoms with Crippen molar-refractivity contribution in [3.05, 3.63) is 58.3 Å². The first-order valence-electron chi connectivity index (χ1n) is 7.85. The van der Waals surface area contributed by atoms with Crippen LogP contribution in [0.2, 0.25) is 0 Å². The van der Waals surface area contributed by atoms with E-state index in [9.17, 15) is 14.7 Å². The number of aromatic nitrogens is 3. The van der Waals surface area contributed by atoms with Crippen LogP contribution < -0.4 is 5.56 Å². The van der Waals surface area contributed by atoms with Gasteiger partial charge in [-0.15, -0.1) is 0 Å². The van der Waals surface area contributed by atoms with Crippen molar-refractivity contribution in [1.82, 2.24) is 14.3 Å². The molecule has 1 unspecified atom stereocenters. The van der Waals surface area contributed by atoms with Crippen LogP contribution in [0, 0.1) is 13.8 Å². The van der Waals surface area contributed by atoms with Crippen LogP contribution in [0.25, 0.3) is 16.5 Å². The lowest BCUT2D eigenvalue weighted by Crippen LogP contribution is -2.22. The van der Waals surface area contributed by atoms with E-state index in [1.807, 2.05) is 44.2 Å². The van der Waals surface area contributed by atoms with Crippen LogP contribution in [0.1, 0.15) is 30.8 Å². The maximum atomic E-state index is 12.9. The topological polar surface area (TPSA) is 77.1 Å². The highest BCUT2D eigenvalue weighted by molar-refractivity contribution is 5.88. The first-order chi connectivity index (χ1) is 11.5. The second-order valence-corrected chi connectivity index (χ2v) is 5.79. The molecule has 24 heavy (non-hydrogen) atoms. The second kappa shape index (κ2) is 5.96. The Morgan fingerprint density at radius 1 is 1.21 bits per heavy atom. The predicted octanol–water partition coefficient (Wildman–Crippen LogP) is 2.84. The fourth-order valence-electron chi connectivity index (χ4n) is 3.27. The summed E-state index contributed by atoms with van der Waals surface area (Å²) in [6, 6.07) is 8.49. The highest BCUT2D eigenvalue weighted by Gasteiger charge is 2.25. The summed E-state index contributed by atoms with van der Waals surface area (Å²) >= 11 is 0. The minimum atomic E-state index is -0.902. The lowest BCUT2D eigenvalue weighted by atomic mass is 10.2. The average molecular weight is 325 g/mol. The number of hydrogen-bond acceptors (Lipinski definition) is 3. The number of aliphatic carboxylic acids is 1. The molecule has 0 bridgehead atoms. The Bertz CT molecular complexity index is 971. The number of benzene rings is 1. The average Bonchev–Trinajstić information content (AvgIpc) is 2.82. The summed E-state index contributed by atoms with van der Waals surface area (Å²) in [5.41, 5.74) is 1.85. The maximum Gasteiger partial charge on any atom is 0.326 e. The summed E-state index contributed by atoms with van der Waals surface area (Å²) in [6.07, 6.45) is 2.08. The van der Waals surface area contributed by atoms with E-state index < -0.39 is 12.0 Å². The van der Waals surface area contributed by atoms with Gasteiger partial charge in [0.05, 0.1) is 17.3 Å². The zero-order valence-corrected chi connectivity index (χ0v) is 13.9. The number of hydrogen-bond donors (Lipinski definition) is 1. The molecule has 0 saturated heterocycles. The molecular weight excluding hydrogens is 306 g/mol. The molecule has 6 heteroatoms. The Labute approximate surface area is 139 Å². The van der Waals surface area contributed by atoms with Crippen LogP contribution in [0.3, 0.4) is 0 Å². The molecule has 0 aliphatic carbocycles. The minimum absolute atomic E-state index is 0.238. The maximum absolute atomic E-state index is 12.9. The lowest BCUT2D eigenvalue weighted by Gasteiger charge is -2.16. The van der Waals surface area contributed by atoms with Crippen molar-refractivity contribution < 1.29 is 9.90 Å². The highest BCUT2D eigenvalue weighted by atomic mass is 16.4. The molecule has 0 aliphatic heterocycles. The van der Waals surface area contributed by atoms with Gasteiger partial charge in [0, 0.05) is 16.8 Å². The van der Waals surface area contributed by atoms with Gasteiger partial charge in [0.1, 0.15) is 6.04 Å². The molecule has 0 amide bonds. The number of nitrogens with zero attached hydrogens (tertiary/aromatic N) is 3. The van der Waals surface area contributed by atoms with Crippen LogP contribution in [0.4, 0.5) is 0 Å². The van der Waals surface area contributed by atoms with E-state index in [4.69, 9.17) is 0 Å². The number of carboxylic acids is 1. The summed E-state index contributed by atoms with van der Waals surface area (Å²) in [5, 5.41) is 15.0. The van der Waals surface area contributed by atoms with Gasteiger partial charge in [-0.05, 0) is 32.4 Å². The molecule has 1 N–H and O–H groups in total. The predicted molar refractivity (Wildman–Crippen MR) is 91.8 cm³/mol. The van der Waals surface area contributed by atoms with E-state index in [0.717, 1.165) is 5.69 Å². The molecule has 0 saturated carbocycles. The first kappa shape index (κ1) is 16.0. The molecule has 0 aliphatic rings. The van der Waals surface area contributed by atoms with Crippen molar-refractivity contribution in [2.75, 3.05) is 0 Å². The zero-order valence-electron chi connectivity index (χ0n) is 13.9. The Kier molecular flexibility index (Phi) is 3.97. The van der Waals surface area contributed by atoms with Gasteiger partial charge < -0.3 is 9.67 Å². The van der Waals surface area contributed by atoms with Crippen molar-refractivity contribution in [2.45, 2.75) is 33.2 Å². The largest absolute Gasteiger partial charge is 0.480 e. The molecule has 124 valence electrons. The van der Waals surface area contributed by atoms with Gasteiger partial charge in [-0.2, -0.15) is 9.78 Å². The van der Waals surface area contributed by atoms with Crippen molar-refractivity contribution in [3.8, 4) is 5.69 Å². The number of para-hydroxylation sites is 1. The molecule has 3 aromatic rings. The first-order valence-corrected chi connectivity index (χ1v) is 7.85. The second-order valence-electron chi connectivity index (χ2n) is 5.79. The fraction of sp³-hybridized carbons (Fsp3) is 0.278. The third kappa shape index (κ3) is 2.31. The van der Waals surface area contributed by atoms with Crippen molar-refractivity contribution in [1.29, 1.82) is 0 Å². The zero-order chi connectivity index (χ0) is 17.4. The van der Waals surface area contributed by atoms with Crippen LogP contribution in [-0.2, 0) is 4.79 Å². The van der Waals surface area contributed by atoms with Crippen LogP contribution in [-0.4, -0.2) is 25.4 Å². The number of carboxylic acid groups (broad SMARTS) is 1. The van der Waals surface area contributed by atoms with E-state index in [1.165, 1.54) is 4.68 Å². The van der Waals surface area contributed by atoms with Gasteiger partial charge >= 0.3 is 5.97 Å². The van der Waals surface area contributed by atoms with Gasteiger partial charge in [-0.25, -0.2) is 4.79 Å². The van der Waals surface area contributed by atoms with E-state index in [0.29, 0.717) is 28.6 Å². The summed E-state index contributed by atoms with van der Waals surface area (Å²) in [7, 11) is 0. The third-order valence-corrected chi connectivity index (χ3v) is 4.44. The van der Waals surface area contributed by atoms with Crippen molar-refractivity contribution in [2.24, 2.45) is 0 Å². The summed E-state index contributed by atoms with van der Waals surface area (Å²) in [4.78, 5) is 24.5. The van der Waals surface area contributed by atoms with E-state index >= 15 is 0 Å². The van der Waals surface area contributed by atoms with Crippen LogP contribution >= 0.6 is 0 Å². The smallest absolute Gasteiger partial charge is 0.326 e. The van der Waals surface area contributed by atoms with Gasteiger partial charge in [0.25, 0.3) is 5.56 Å². The summed E-state index contributed by atoms with van der Waals surface area (Å²) < 4.78 is 3.08. The Morgan fingerprint density at radius 2 is 1.88 bits per heavy atom. The standard InChI is InChI=1S/C18H19N3O3/c1-4-15(18(23)24)20-11(2)14-10-19-21(13-8-6-5-7-9-13)17(22)16(14)12(20)3/h5-10,15H,4H2,1-3H3,(H,23,24). The number of fused-ring (bicyclic) bond motifs is 1. The van der Waals surface area contributed by atoms with Gasteiger partial charge in [-0.3, -0.25) is 4.79 Å². The quantitative estimate of drug-likeness (QED) is 0.800. The SMILES string of the molecule is CCC(C(=O)O)n1c(C)c2cnn(-c3ccccc3)c(=O)c2c1C. The highest BCUT2D eigenvalue weighted by Crippen LogP contribution is 2.27. The molecule has 0 fully saturated rings. The minimum Gasteiger partial charge on any atom is -0.480 e. The van der Waals surface area contributed by atoms with E-state index in [2.05, 4.69) is 5.10 Å².